The van der Waals surface area contributed by atoms with E-state index in [4.69, 9.17) is 9.26 Å². The maximum absolute atomic E-state index is 12.4. The highest BCUT2D eigenvalue weighted by Crippen LogP contribution is 2.26. The highest BCUT2D eigenvalue weighted by atomic mass is 16.5. The van der Waals surface area contributed by atoms with Crippen LogP contribution in [0.15, 0.2) is 59.3 Å². The van der Waals surface area contributed by atoms with Gasteiger partial charge in [0, 0.05) is 12.3 Å². The topological polar surface area (TPSA) is 77.3 Å². The number of fused-ring (bicyclic) bond motifs is 1. The van der Waals surface area contributed by atoms with Crippen LogP contribution < -0.4 is 10.1 Å². The molecule has 0 fully saturated rings. The number of benzene rings is 1. The molecule has 2 aromatic heterocycles. The number of carbonyl (C=O) groups is 1. The van der Waals surface area contributed by atoms with Gasteiger partial charge in [0.1, 0.15) is 18.1 Å². The molecule has 0 bridgehead atoms. The third-order valence-corrected chi connectivity index (χ3v) is 4.17. The number of aromatic nitrogens is 2. The summed E-state index contributed by atoms with van der Waals surface area (Å²) >= 11 is 0. The number of rotatable bonds is 4. The predicted octanol–water partition coefficient (Wildman–Crippen LogP) is 2.60. The molecule has 3 aromatic rings. The number of ether oxygens (including phenoxy) is 1. The summed E-state index contributed by atoms with van der Waals surface area (Å²) in [6.45, 7) is 0.676. The Morgan fingerprint density at radius 2 is 2.04 bits per heavy atom. The van der Waals surface area contributed by atoms with Gasteiger partial charge in [-0.2, -0.15) is 0 Å². The van der Waals surface area contributed by atoms with Crippen molar-refractivity contribution in [3.63, 3.8) is 0 Å². The molecule has 0 saturated carbocycles. The van der Waals surface area contributed by atoms with Gasteiger partial charge in [0.25, 0.3) is 0 Å². The first-order valence-electron chi connectivity index (χ1n) is 8.15. The molecule has 126 valence electrons. The normalized spacial score (nSPS) is 15.9. The Kier molecular flexibility index (Phi) is 4.16. The lowest BCUT2D eigenvalue weighted by atomic mass is 9.96. The van der Waals surface area contributed by atoms with Gasteiger partial charge in [0.2, 0.25) is 5.91 Å². The maximum Gasteiger partial charge on any atom is 0.227 e. The van der Waals surface area contributed by atoms with E-state index in [9.17, 15) is 4.79 Å². The molecule has 0 unspecified atom stereocenters. The van der Waals surface area contributed by atoms with Crippen molar-refractivity contribution < 1.29 is 14.1 Å². The van der Waals surface area contributed by atoms with Crippen molar-refractivity contribution in [1.29, 1.82) is 0 Å². The fourth-order valence-corrected chi connectivity index (χ4v) is 2.85. The molecule has 1 aliphatic rings. The zero-order valence-electron chi connectivity index (χ0n) is 13.5. The van der Waals surface area contributed by atoms with Crippen molar-refractivity contribution >= 4 is 5.91 Å². The van der Waals surface area contributed by atoms with Crippen LogP contribution in [0.5, 0.6) is 5.75 Å². The quantitative estimate of drug-likeness (QED) is 0.793. The van der Waals surface area contributed by atoms with Gasteiger partial charge >= 0.3 is 0 Å². The number of amides is 1. The Morgan fingerprint density at radius 3 is 2.92 bits per heavy atom. The van der Waals surface area contributed by atoms with E-state index in [1.165, 1.54) is 0 Å². The van der Waals surface area contributed by atoms with Gasteiger partial charge in [-0.1, -0.05) is 29.4 Å². The third kappa shape index (κ3) is 3.38. The second-order valence-corrected chi connectivity index (χ2v) is 5.93. The average Bonchev–Trinajstić information content (AvgIpc) is 3.15. The first-order chi connectivity index (χ1) is 12.3. The van der Waals surface area contributed by atoms with E-state index in [0.717, 1.165) is 17.0 Å². The highest BCUT2D eigenvalue weighted by molar-refractivity contribution is 5.79. The summed E-state index contributed by atoms with van der Waals surface area (Å²) in [6, 6.07) is 15.2. The van der Waals surface area contributed by atoms with Crippen molar-refractivity contribution in [3.05, 3.63) is 66.1 Å². The van der Waals surface area contributed by atoms with Crippen LogP contribution in [0.1, 0.15) is 11.3 Å². The number of nitrogens with zero attached hydrogens (tertiary/aromatic N) is 2. The molecule has 4 rings (SSSR count). The molecule has 1 N–H and O–H groups in total. The molecule has 6 heteroatoms. The van der Waals surface area contributed by atoms with Gasteiger partial charge in [0.05, 0.1) is 18.2 Å². The largest absolute Gasteiger partial charge is 0.492 e. The predicted molar refractivity (Wildman–Crippen MR) is 90.7 cm³/mol. The molecule has 6 nitrogen and oxygen atoms in total. The molecule has 0 spiro atoms. The van der Waals surface area contributed by atoms with Crippen molar-refractivity contribution in [2.45, 2.75) is 13.0 Å². The molecular formula is C19H17N3O3. The van der Waals surface area contributed by atoms with Gasteiger partial charge in [-0.15, -0.1) is 0 Å². The lowest BCUT2D eigenvalue weighted by Gasteiger charge is -2.24. The Bertz CT molecular complexity index is 876. The summed E-state index contributed by atoms with van der Waals surface area (Å²) < 4.78 is 10.9. The van der Waals surface area contributed by atoms with Crippen molar-refractivity contribution in [2.75, 3.05) is 6.61 Å². The van der Waals surface area contributed by atoms with E-state index in [1.54, 1.807) is 12.3 Å². The first kappa shape index (κ1) is 15.4. The number of para-hydroxylation sites is 1. The van der Waals surface area contributed by atoms with E-state index in [0.29, 0.717) is 24.5 Å². The lowest BCUT2D eigenvalue weighted by Crippen LogP contribution is -2.36. The summed E-state index contributed by atoms with van der Waals surface area (Å²) in [7, 11) is 0. The van der Waals surface area contributed by atoms with E-state index in [-0.39, 0.29) is 18.4 Å². The van der Waals surface area contributed by atoms with Crippen LogP contribution in [0.2, 0.25) is 0 Å². The van der Waals surface area contributed by atoms with E-state index in [1.807, 2.05) is 42.5 Å². The van der Waals surface area contributed by atoms with E-state index >= 15 is 0 Å². The van der Waals surface area contributed by atoms with Crippen LogP contribution in [-0.4, -0.2) is 22.7 Å². The Balaban J connectivity index is 1.36. The molecular weight excluding hydrogens is 318 g/mol. The number of hydrogen-bond donors (Lipinski definition) is 1. The van der Waals surface area contributed by atoms with Gasteiger partial charge in [0.15, 0.2) is 5.76 Å². The third-order valence-electron chi connectivity index (χ3n) is 4.17. The molecule has 1 aromatic carbocycles. The fourth-order valence-electron chi connectivity index (χ4n) is 2.85. The summed E-state index contributed by atoms with van der Waals surface area (Å²) in [6.07, 6.45) is 2.38. The molecule has 0 saturated heterocycles. The van der Waals surface area contributed by atoms with Crippen molar-refractivity contribution in [3.8, 4) is 17.1 Å². The minimum Gasteiger partial charge on any atom is -0.492 e. The SMILES string of the molecule is O=C(NCc1cc(-c2ccccn2)no1)[C@H]1COc2ccccc2C1. The zero-order chi connectivity index (χ0) is 17.1. The van der Waals surface area contributed by atoms with Gasteiger partial charge in [-0.05, 0) is 30.2 Å². The molecule has 3 heterocycles. The van der Waals surface area contributed by atoms with Crippen LogP contribution in [0.4, 0.5) is 0 Å². The van der Waals surface area contributed by atoms with Crippen LogP contribution in [0.25, 0.3) is 11.4 Å². The van der Waals surface area contributed by atoms with E-state index < -0.39 is 0 Å². The minimum absolute atomic E-state index is 0.0507. The average molecular weight is 335 g/mol. The van der Waals surface area contributed by atoms with Crippen molar-refractivity contribution in [2.24, 2.45) is 5.92 Å². The van der Waals surface area contributed by atoms with Gasteiger partial charge in [-0.25, -0.2) is 0 Å². The Labute approximate surface area is 144 Å². The van der Waals surface area contributed by atoms with Crippen LogP contribution in [0.3, 0.4) is 0 Å². The smallest absolute Gasteiger partial charge is 0.227 e. The number of pyridine rings is 1. The summed E-state index contributed by atoms with van der Waals surface area (Å²) in [5.41, 5.74) is 2.45. The molecule has 25 heavy (non-hydrogen) atoms. The maximum atomic E-state index is 12.4. The molecule has 0 radical (unpaired) electrons. The summed E-state index contributed by atoms with van der Waals surface area (Å²) in [4.78, 5) is 16.6. The van der Waals surface area contributed by atoms with E-state index in [2.05, 4.69) is 15.5 Å². The number of hydrogen-bond acceptors (Lipinski definition) is 5. The molecule has 1 amide bonds. The summed E-state index contributed by atoms with van der Waals surface area (Å²) in [5, 5.41) is 6.88. The zero-order valence-corrected chi connectivity index (χ0v) is 13.5. The molecule has 1 aliphatic heterocycles. The monoisotopic (exact) mass is 335 g/mol. The minimum atomic E-state index is -0.201. The lowest BCUT2D eigenvalue weighted by molar-refractivity contribution is -0.126. The second-order valence-electron chi connectivity index (χ2n) is 5.93. The highest BCUT2D eigenvalue weighted by Gasteiger charge is 2.25. The first-order valence-corrected chi connectivity index (χ1v) is 8.15. The van der Waals surface area contributed by atoms with Gasteiger partial charge < -0.3 is 14.6 Å². The summed E-state index contributed by atoms with van der Waals surface area (Å²) in [5.74, 6) is 1.20. The second kappa shape index (κ2) is 6.76. The Hall–Kier alpha value is -3.15. The number of nitrogens with one attached hydrogen (secondary N) is 1. The van der Waals surface area contributed by atoms with Crippen LogP contribution >= 0.6 is 0 Å². The number of carbonyl (C=O) groups excluding carboxylic acids is 1. The van der Waals surface area contributed by atoms with Crippen molar-refractivity contribution in [1.82, 2.24) is 15.5 Å². The van der Waals surface area contributed by atoms with Crippen LogP contribution in [-0.2, 0) is 17.8 Å². The van der Waals surface area contributed by atoms with Crippen LogP contribution in [0, 0.1) is 5.92 Å². The van der Waals surface area contributed by atoms with Gasteiger partial charge in [-0.3, -0.25) is 9.78 Å². The standard InChI is InChI=1S/C19H17N3O3/c23-19(14-9-13-5-1-2-7-18(13)24-12-14)21-11-15-10-17(22-25-15)16-6-3-4-8-20-16/h1-8,10,14H,9,11-12H2,(H,21,23)/t14-/m1/s1. The Morgan fingerprint density at radius 1 is 1.16 bits per heavy atom. The molecule has 1 atom stereocenters. The molecule has 0 aliphatic carbocycles. The fraction of sp³-hybridized carbons (Fsp3) is 0.211.